The van der Waals surface area contributed by atoms with Gasteiger partial charge in [-0.1, -0.05) is 6.92 Å². The molecule has 1 saturated heterocycles. The molecule has 0 radical (unpaired) electrons. The lowest BCUT2D eigenvalue weighted by Crippen LogP contribution is -2.43. The highest BCUT2D eigenvalue weighted by Crippen LogP contribution is 2.17. The largest absolute Gasteiger partial charge is 0.466 e. The standard InChI is InChI=1S/C9H15NO3/c1-3-13-9(12)7-4-6(2)8(11)10-5-7/h6-7H,3-5H2,1-2H3,(H,10,11). The van der Waals surface area contributed by atoms with Crippen LogP contribution in [0.2, 0.25) is 0 Å². The van der Waals surface area contributed by atoms with Gasteiger partial charge in [0.2, 0.25) is 5.91 Å². The van der Waals surface area contributed by atoms with Crippen LogP contribution >= 0.6 is 0 Å². The molecular weight excluding hydrogens is 170 g/mol. The van der Waals surface area contributed by atoms with E-state index < -0.39 is 0 Å². The highest BCUT2D eigenvalue weighted by molar-refractivity contribution is 5.82. The molecule has 74 valence electrons. The van der Waals surface area contributed by atoms with E-state index in [9.17, 15) is 9.59 Å². The quantitative estimate of drug-likeness (QED) is 0.630. The summed E-state index contributed by atoms with van der Waals surface area (Å²) in [7, 11) is 0. The molecule has 4 nitrogen and oxygen atoms in total. The number of piperidine rings is 1. The third kappa shape index (κ3) is 2.44. The number of carbonyl (C=O) groups is 2. The van der Waals surface area contributed by atoms with Crippen LogP contribution in [0.3, 0.4) is 0 Å². The summed E-state index contributed by atoms with van der Waals surface area (Å²) < 4.78 is 4.87. The van der Waals surface area contributed by atoms with Crippen molar-refractivity contribution in [2.75, 3.05) is 13.2 Å². The Morgan fingerprint density at radius 1 is 1.69 bits per heavy atom. The van der Waals surface area contributed by atoms with Gasteiger partial charge in [0.05, 0.1) is 12.5 Å². The average Bonchev–Trinajstić information content (AvgIpc) is 2.10. The van der Waals surface area contributed by atoms with E-state index in [-0.39, 0.29) is 23.7 Å². The average molecular weight is 185 g/mol. The minimum Gasteiger partial charge on any atom is -0.466 e. The van der Waals surface area contributed by atoms with Gasteiger partial charge in [-0.3, -0.25) is 9.59 Å². The maximum Gasteiger partial charge on any atom is 0.310 e. The number of carbonyl (C=O) groups excluding carboxylic acids is 2. The van der Waals surface area contributed by atoms with Crippen LogP contribution < -0.4 is 5.32 Å². The Balaban J connectivity index is 2.45. The van der Waals surface area contributed by atoms with E-state index in [0.29, 0.717) is 19.6 Å². The van der Waals surface area contributed by atoms with E-state index in [1.165, 1.54) is 0 Å². The van der Waals surface area contributed by atoms with Crippen LogP contribution in [0.25, 0.3) is 0 Å². The Hall–Kier alpha value is -1.06. The van der Waals surface area contributed by atoms with Gasteiger partial charge in [-0.2, -0.15) is 0 Å². The number of amides is 1. The predicted molar refractivity (Wildman–Crippen MR) is 46.9 cm³/mol. The van der Waals surface area contributed by atoms with Gasteiger partial charge >= 0.3 is 5.97 Å². The summed E-state index contributed by atoms with van der Waals surface area (Å²) in [4.78, 5) is 22.3. The summed E-state index contributed by atoms with van der Waals surface area (Å²) in [5, 5.41) is 2.68. The minimum atomic E-state index is -0.200. The van der Waals surface area contributed by atoms with Crippen molar-refractivity contribution in [3.63, 3.8) is 0 Å². The van der Waals surface area contributed by atoms with Gasteiger partial charge in [0.25, 0.3) is 0 Å². The monoisotopic (exact) mass is 185 g/mol. The molecule has 13 heavy (non-hydrogen) atoms. The van der Waals surface area contributed by atoms with Crippen LogP contribution in [0.1, 0.15) is 20.3 Å². The summed E-state index contributed by atoms with van der Waals surface area (Å²) in [5.41, 5.74) is 0. The number of hydrogen-bond acceptors (Lipinski definition) is 3. The van der Waals surface area contributed by atoms with Crippen LogP contribution in [0.5, 0.6) is 0 Å². The fourth-order valence-electron chi connectivity index (χ4n) is 1.45. The molecule has 1 N–H and O–H groups in total. The second-order valence-corrected chi connectivity index (χ2v) is 3.33. The van der Waals surface area contributed by atoms with Gasteiger partial charge in [0.1, 0.15) is 0 Å². The number of ether oxygens (including phenoxy) is 1. The van der Waals surface area contributed by atoms with Crippen molar-refractivity contribution < 1.29 is 14.3 Å². The minimum absolute atomic E-state index is 0.0283. The zero-order valence-electron chi connectivity index (χ0n) is 8.00. The Morgan fingerprint density at radius 2 is 2.38 bits per heavy atom. The van der Waals surface area contributed by atoms with E-state index in [2.05, 4.69) is 5.32 Å². The molecule has 1 aliphatic rings. The number of esters is 1. The molecule has 0 aromatic rings. The van der Waals surface area contributed by atoms with E-state index in [4.69, 9.17) is 4.74 Å². The molecule has 0 aliphatic carbocycles. The molecule has 1 aliphatic heterocycles. The van der Waals surface area contributed by atoms with E-state index in [1.54, 1.807) is 6.92 Å². The molecule has 4 heteroatoms. The lowest BCUT2D eigenvalue weighted by molar-refractivity contribution is -0.150. The first-order valence-electron chi connectivity index (χ1n) is 4.59. The first-order chi connectivity index (χ1) is 6.15. The lowest BCUT2D eigenvalue weighted by Gasteiger charge is -2.25. The van der Waals surface area contributed by atoms with Gasteiger partial charge < -0.3 is 10.1 Å². The van der Waals surface area contributed by atoms with Crippen LogP contribution in [0.15, 0.2) is 0 Å². The normalized spacial score (nSPS) is 28.0. The Labute approximate surface area is 77.6 Å². The Kier molecular flexibility index (Phi) is 3.28. The zero-order chi connectivity index (χ0) is 9.84. The highest BCUT2D eigenvalue weighted by atomic mass is 16.5. The molecule has 1 fully saturated rings. The van der Waals surface area contributed by atoms with E-state index >= 15 is 0 Å². The molecule has 0 aromatic heterocycles. The first-order valence-corrected chi connectivity index (χ1v) is 4.59. The molecule has 1 heterocycles. The maximum atomic E-state index is 11.3. The van der Waals surface area contributed by atoms with Crippen LogP contribution in [-0.4, -0.2) is 25.0 Å². The van der Waals surface area contributed by atoms with Crippen molar-refractivity contribution in [1.82, 2.24) is 5.32 Å². The first kappa shape index (κ1) is 10.0. The highest BCUT2D eigenvalue weighted by Gasteiger charge is 2.30. The Bertz CT molecular complexity index is 215. The molecule has 1 amide bonds. The lowest BCUT2D eigenvalue weighted by atomic mass is 9.91. The van der Waals surface area contributed by atoms with Gasteiger partial charge in [-0.05, 0) is 13.3 Å². The van der Waals surface area contributed by atoms with Gasteiger partial charge in [-0.25, -0.2) is 0 Å². The molecular formula is C9H15NO3. The third-order valence-corrected chi connectivity index (χ3v) is 2.23. The number of rotatable bonds is 2. The fraction of sp³-hybridized carbons (Fsp3) is 0.778. The Morgan fingerprint density at radius 3 is 2.92 bits per heavy atom. The summed E-state index contributed by atoms with van der Waals surface area (Å²) >= 11 is 0. The predicted octanol–water partition coefficient (Wildman–Crippen LogP) is 0.322. The van der Waals surface area contributed by atoms with Gasteiger partial charge in [-0.15, -0.1) is 0 Å². The maximum absolute atomic E-state index is 11.3. The molecule has 0 saturated carbocycles. The molecule has 0 aromatic carbocycles. The van der Waals surface area contributed by atoms with Crippen molar-refractivity contribution in [2.24, 2.45) is 11.8 Å². The third-order valence-electron chi connectivity index (χ3n) is 2.23. The fourth-order valence-corrected chi connectivity index (χ4v) is 1.45. The van der Waals surface area contributed by atoms with Gasteiger partial charge in [0.15, 0.2) is 0 Å². The smallest absolute Gasteiger partial charge is 0.310 e. The molecule has 1 rings (SSSR count). The van der Waals surface area contributed by atoms with Crippen molar-refractivity contribution >= 4 is 11.9 Å². The second kappa shape index (κ2) is 4.25. The van der Waals surface area contributed by atoms with Crippen molar-refractivity contribution in [3.05, 3.63) is 0 Å². The van der Waals surface area contributed by atoms with Crippen molar-refractivity contribution in [2.45, 2.75) is 20.3 Å². The number of nitrogens with one attached hydrogen (secondary N) is 1. The molecule has 2 unspecified atom stereocenters. The van der Waals surface area contributed by atoms with E-state index in [0.717, 1.165) is 0 Å². The van der Waals surface area contributed by atoms with Crippen molar-refractivity contribution in [1.29, 1.82) is 0 Å². The molecule has 2 atom stereocenters. The zero-order valence-corrected chi connectivity index (χ0v) is 8.00. The number of hydrogen-bond donors (Lipinski definition) is 1. The van der Waals surface area contributed by atoms with Crippen LogP contribution in [0.4, 0.5) is 0 Å². The summed E-state index contributed by atoms with van der Waals surface area (Å²) in [5.74, 6) is -0.411. The molecule has 0 bridgehead atoms. The van der Waals surface area contributed by atoms with Crippen LogP contribution in [-0.2, 0) is 14.3 Å². The summed E-state index contributed by atoms with van der Waals surface area (Å²) in [6.45, 7) is 4.42. The summed E-state index contributed by atoms with van der Waals surface area (Å²) in [6, 6.07) is 0. The molecule has 0 spiro atoms. The van der Waals surface area contributed by atoms with Gasteiger partial charge in [0, 0.05) is 12.5 Å². The van der Waals surface area contributed by atoms with Crippen LogP contribution in [0, 0.1) is 11.8 Å². The topological polar surface area (TPSA) is 55.4 Å². The SMILES string of the molecule is CCOC(=O)C1CNC(=O)C(C)C1. The van der Waals surface area contributed by atoms with E-state index in [1.807, 2.05) is 6.92 Å². The summed E-state index contributed by atoms with van der Waals surface area (Å²) in [6.07, 6.45) is 0.602. The second-order valence-electron chi connectivity index (χ2n) is 3.33. The van der Waals surface area contributed by atoms with Crippen molar-refractivity contribution in [3.8, 4) is 0 Å².